The maximum Gasteiger partial charge on any atom is 0.163 e. The summed E-state index contributed by atoms with van der Waals surface area (Å²) < 4.78 is 5.51. The van der Waals surface area contributed by atoms with Gasteiger partial charge in [-0.25, -0.2) is 0 Å². The van der Waals surface area contributed by atoms with Crippen LogP contribution in [0.15, 0.2) is 42.7 Å². The number of halogens is 1. The topological polar surface area (TPSA) is 45.9 Å². The smallest absolute Gasteiger partial charge is 0.163 e. The summed E-state index contributed by atoms with van der Waals surface area (Å²) in [6.07, 6.45) is 3.03. The maximum atomic E-state index is 8.87. The number of aromatic nitrogens is 1. The van der Waals surface area contributed by atoms with Crippen LogP contribution in [0.4, 0.5) is 0 Å². The molecule has 0 saturated heterocycles. The summed E-state index contributed by atoms with van der Waals surface area (Å²) in [6.45, 7) is 0. The molecule has 0 bridgehead atoms. The van der Waals surface area contributed by atoms with Gasteiger partial charge in [-0.2, -0.15) is 5.26 Å². The van der Waals surface area contributed by atoms with Crippen molar-refractivity contribution in [3.63, 3.8) is 0 Å². The van der Waals surface area contributed by atoms with Crippen molar-refractivity contribution in [2.75, 3.05) is 0 Å². The van der Waals surface area contributed by atoms with Crippen LogP contribution in [0, 0.1) is 11.3 Å². The van der Waals surface area contributed by atoms with E-state index in [0.29, 0.717) is 22.1 Å². The quantitative estimate of drug-likeness (QED) is 0.794. The number of rotatable bonds is 2. The molecule has 2 rings (SSSR count). The minimum atomic E-state index is 0.401. The molecule has 78 valence electrons. The number of pyridine rings is 1. The Labute approximate surface area is 97.9 Å². The molecule has 0 aliphatic carbocycles. The van der Waals surface area contributed by atoms with E-state index < -0.39 is 0 Å². The lowest BCUT2D eigenvalue weighted by Gasteiger charge is -2.07. The fraction of sp³-hybridized carbons (Fsp3) is 0. The number of benzene rings is 1. The van der Waals surface area contributed by atoms with Crippen molar-refractivity contribution in [3.05, 3.63) is 53.3 Å². The average molecular weight is 231 g/mol. The van der Waals surface area contributed by atoms with Crippen LogP contribution in [0.3, 0.4) is 0 Å². The zero-order chi connectivity index (χ0) is 11.4. The minimum Gasteiger partial charge on any atom is -0.453 e. The van der Waals surface area contributed by atoms with Crippen molar-refractivity contribution in [2.24, 2.45) is 0 Å². The van der Waals surface area contributed by atoms with E-state index in [4.69, 9.17) is 21.6 Å². The van der Waals surface area contributed by atoms with E-state index in [-0.39, 0.29) is 0 Å². The van der Waals surface area contributed by atoms with Crippen molar-refractivity contribution in [1.29, 1.82) is 5.26 Å². The van der Waals surface area contributed by atoms with Gasteiger partial charge in [-0.1, -0.05) is 23.7 Å². The van der Waals surface area contributed by atoms with Crippen LogP contribution >= 0.6 is 11.6 Å². The zero-order valence-corrected chi connectivity index (χ0v) is 8.98. The Morgan fingerprint density at radius 1 is 1.19 bits per heavy atom. The second-order valence-corrected chi connectivity index (χ2v) is 3.42. The predicted octanol–water partition coefficient (Wildman–Crippen LogP) is 3.40. The van der Waals surface area contributed by atoms with Gasteiger partial charge in [-0.3, -0.25) is 4.98 Å². The molecule has 16 heavy (non-hydrogen) atoms. The van der Waals surface area contributed by atoms with E-state index in [1.807, 2.05) is 18.2 Å². The highest BCUT2D eigenvalue weighted by Gasteiger charge is 2.06. The SMILES string of the molecule is N#Cc1ccncc1Oc1ccccc1Cl. The van der Waals surface area contributed by atoms with E-state index in [1.54, 1.807) is 18.2 Å². The van der Waals surface area contributed by atoms with Gasteiger partial charge >= 0.3 is 0 Å². The van der Waals surface area contributed by atoms with Gasteiger partial charge in [0.2, 0.25) is 0 Å². The lowest BCUT2D eigenvalue weighted by molar-refractivity contribution is 0.479. The van der Waals surface area contributed by atoms with Crippen molar-refractivity contribution < 1.29 is 4.74 Å². The second kappa shape index (κ2) is 4.65. The fourth-order valence-electron chi connectivity index (χ4n) is 1.20. The zero-order valence-electron chi connectivity index (χ0n) is 8.22. The lowest BCUT2D eigenvalue weighted by atomic mass is 10.3. The van der Waals surface area contributed by atoms with E-state index in [1.165, 1.54) is 12.4 Å². The van der Waals surface area contributed by atoms with E-state index in [0.717, 1.165) is 0 Å². The normalized spacial score (nSPS) is 9.50. The Bertz CT molecular complexity index is 549. The summed E-state index contributed by atoms with van der Waals surface area (Å²) in [5, 5.41) is 9.37. The second-order valence-electron chi connectivity index (χ2n) is 3.02. The standard InChI is InChI=1S/C12H7ClN2O/c13-10-3-1-2-4-11(10)16-12-8-15-6-5-9(12)7-14/h1-6,8H. The van der Waals surface area contributed by atoms with E-state index in [2.05, 4.69) is 4.98 Å². The van der Waals surface area contributed by atoms with Crippen LogP contribution in [0.25, 0.3) is 0 Å². The molecule has 0 amide bonds. The lowest BCUT2D eigenvalue weighted by Crippen LogP contribution is -1.89. The third kappa shape index (κ3) is 2.13. The summed E-state index contributed by atoms with van der Waals surface area (Å²) in [5.74, 6) is 0.909. The van der Waals surface area contributed by atoms with Crippen molar-refractivity contribution in [1.82, 2.24) is 4.98 Å². The van der Waals surface area contributed by atoms with Gasteiger partial charge in [-0.05, 0) is 18.2 Å². The van der Waals surface area contributed by atoms with Gasteiger partial charge in [0.25, 0.3) is 0 Å². The van der Waals surface area contributed by atoms with Crippen LogP contribution in [-0.4, -0.2) is 4.98 Å². The molecular weight excluding hydrogens is 224 g/mol. The number of para-hydroxylation sites is 1. The molecule has 3 nitrogen and oxygen atoms in total. The van der Waals surface area contributed by atoms with Gasteiger partial charge in [0.15, 0.2) is 5.75 Å². The van der Waals surface area contributed by atoms with Crippen LogP contribution in [0.2, 0.25) is 5.02 Å². The van der Waals surface area contributed by atoms with Gasteiger partial charge in [0.1, 0.15) is 11.8 Å². The first-order chi connectivity index (χ1) is 7.81. The van der Waals surface area contributed by atoms with Crippen molar-refractivity contribution in [3.8, 4) is 17.6 Å². The molecule has 0 spiro atoms. The number of hydrogen-bond acceptors (Lipinski definition) is 3. The molecule has 4 heteroatoms. The first-order valence-electron chi connectivity index (χ1n) is 4.58. The molecule has 0 unspecified atom stereocenters. The number of ether oxygens (including phenoxy) is 1. The summed E-state index contributed by atoms with van der Waals surface area (Å²) in [5.41, 5.74) is 0.426. The van der Waals surface area contributed by atoms with Gasteiger partial charge < -0.3 is 4.74 Å². The Balaban J connectivity index is 2.35. The summed E-state index contributed by atoms with van der Waals surface area (Å²) in [6, 6.07) is 10.7. The van der Waals surface area contributed by atoms with Crippen molar-refractivity contribution in [2.45, 2.75) is 0 Å². The van der Waals surface area contributed by atoms with Crippen LogP contribution in [-0.2, 0) is 0 Å². The molecule has 0 radical (unpaired) electrons. The third-order valence-corrected chi connectivity index (χ3v) is 2.27. The molecule has 2 aromatic rings. The molecule has 1 aromatic carbocycles. The molecular formula is C12H7ClN2O. The first kappa shape index (κ1) is 10.5. The Morgan fingerprint density at radius 2 is 2.00 bits per heavy atom. The average Bonchev–Trinajstić information content (AvgIpc) is 2.33. The van der Waals surface area contributed by atoms with Gasteiger partial charge in [0, 0.05) is 6.20 Å². The highest BCUT2D eigenvalue weighted by Crippen LogP contribution is 2.29. The number of nitriles is 1. The molecule has 0 fully saturated rings. The Hall–Kier alpha value is -2.05. The molecule has 0 atom stereocenters. The Kier molecular flexibility index (Phi) is 3.04. The Morgan fingerprint density at radius 3 is 2.75 bits per heavy atom. The molecule has 1 aromatic heterocycles. The van der Waals surface area contributed by atoms with Crippen LogP contribution < -0.4 is 4.74 Å². The summed E-state index contributed by atoms with van der Waals surface area (Å²) in [7, 11) is 0. The molecule has 0 aliphatic heterocycles. The molecule has 0 saturated carbocycles. The van der Waals surface area contributed by atoms with Crippen molar-refractivity contribution >= 4 is 11.6 Å². The van der Waals surface area contributed by atoms with Gasteiger partial charge in [0.05, 0.1) is 16.8 Å². The van der Waals surface area contributed by atoms with E-state index in [9.17, 15) is 0 Å². The molecule has 0 aliphatic rings. The summed E-state index contributed by atoms with van der Waals surface area (Å²) >= 11 is 5.94. The minimum absolute atomic E-state index is 0.401. The fourth-order valence-corrected chi connectivity index (χ4v) is 1.37. The van der Waals surface area contributed by atoms with Gasteiger partial charge in [-0.15, -0.1) is 0 Å². The molecule has 0 N–H and O–H groups in total. The molecule has 1 heterocycles. The maximum absolute atomic E-state index is 8.87. The third-order valence-electron chi connectivity index (χ3n) is 1.96. The number of hydrogen-bond donors (Lipinski definition) is 0. The van der Waals surface area contributed by atoms with Crippen LogP contribution in [0.1, 0.15) is 5.56 Å². The monoisotopic (exact) mass is 230 g/mol. The highest BCUT2D eigenvalue weighted by molar-refractivity contribution is 6.32. The number of nitrogens with zero attached hydrogens (tertiary/aromatic N) is 2. The van der Waals surface area contributed by atoms with Crippen LogP contribution in [0.5, 0.6) is 11.5 Å². The largest absolute Gasteiger partial charge is 0.453 e. The first-order valence-corrected chi connectivity index (χ1v) is 4.95. The van der Waals surface area contributed by atoms with E-state index >= 15 is 0 Å². The predicted molar refractivity (Wildman–Crippen MR) is 60.5 cm³/mol. The summed E-state index contributed by atoms with van der Waals surface area (Å²) in [4.78, 5) is 3.90. The highest BCUT2D eigenvalue weighted by atomic mass is 35.5.